The molecule has 2 heterocycles. The van der Waals surface area contributed by atoms with Crippen molar-refractivity contribution in [2.75, 3.05) is 18.4 Å². The quantitative estimate of drug-likeness (QED) is 0.861. The number of benzene rings is 1. The van der Waals surface area contributed by atoms with Gasteiger partial charge in [0.15, 0.2) is 0 Å². The molecule has 0 atom stereocenters. The van der Waals surface area contributed by atoms with E-state index in [4.69, 9.17) is 0 Å². The molecule has 0 bridgehead atoms. The standard InChI is InChI=1S/C17H21N3O/c1-13-12-16(14-8-4-5-9-15(14)18-13)19-17(21)20-10-6-2-3-7-11-20/h4-5,8-9,12H,2-3,6-7,10-11H2,1H3,(H,18,19,21). The molecule has 3 rings (SSSR count). The van der Waals surface area contributed by atoms with E-state index in [0.29, 0.717) is 0 Å². The minimum absolute atomic E-state index is 0.00709. The molecule has 1 N–H and O–H groups in total. The summed E-state index contributed by atoms with van der Waals surface area (Å²) in [5.74, 6) is 0. The van der Waals surface area contributed by atoms with Crippen LogP contribution >= 0.6 is 0 Å². The molecule has 4 nitrogen and oxygen atoms in total. The minimum Gasteiger partial charge on any atom is -0.325 e. The lowest BCUT2D eigenvalue weighted by Crippen LogP contribution is -2.35. The molecular weight excluding hydrogens is 262 g/mol. The Kier molecular flexibility index (Phi) is 4.04. The lowest BCUT2D eigenvalue weighted by atomic mass is 10.1. The number of para-hydroxylation sites is 1. The number of carbonyl (C=O) groups excluding carboxylic acids is 1. The molecule has 0 unspecified atom stereocenters. The van der Waals surface area contributed by atoms with Crippen LogP contribution in [0, 0.1) is 6.92 Å². The van der Waals surface area contributed by atoms with Crippen molar-refractivity contribution in [1.82, 2.24) is 9.88 Å². The van der Waals surface area contributed by atoms with Crippen LogP contribution in [0.3, 0.4) is 0 Å². The van der Waals surface area contributed by atoms with Gasteiger partial charge in [0.25, 0.3) is 0 Å². The fraction of sp³-hybridized carbons (Fsp3) is 0.412. The molecule has 1 saturated heterocycles. The second-order valence-corrected chi connectivity index (χ2v) is 5.66. The van der Waals surface area contributed by atoms with Crippen LogP contribution in [0.4, 0.5) is 10.5 Å². The molecular formula is C17H21N3O. The highest BCUT2D eigenvalue weighted by molar-refractivity contribution is 6.00. The minimum atomic E-state index is 0.00709. The average Bonchev–Trinajstić information content (AvgIpc) is 2.76. The Labute approximate surface area is 125 Å². The number of carbonyl (C=O) groups is 1. The van der Waals surface area contributed by atoms with Gasteiger partial charge in [-0.2, -0.15) is 0 Å². The Hall–Kier alpha value is -2.10. The number of fused-ring (bicyclic) bond motifs is 1. The van der Waals surface area contributed by atoms with Crippen molar-refractivity contribution in [2.45, 2.75) is 32.6 Å². The van der Waals surface area contributed by atoms with E-state index in [2.05, 4.69) is 10.3 Å². The molecule has 1 aliphatic rings. The van der Waals surface area contributed by atoms with E-state index in [1.54, 1.807) is 0 Å². The first-order valence-corrected chi connectivity index (χ1v) is 7.66. The zero-order chi connectivity index (χ0) is 14.7. The van der Waals surface area contributed by atoms with Crippen molar-refractivity contribution in [1.29, 1.82) is 0 Å². The highest BCUT2D eigenvalue weighted by atomic mass is 16.2. The van der Waals surface area contributed by atoms with Crippen molar-refractivity contribution >= 4 is 22.6 Å². The summed E-state index contributed by atoms with van der Waals surface area (Å²) in [6.45, 7) is 3.66. The number of nitrogens with zero attached hydrogens (tertiary/aromatic N) is 2. The van der Waals surface area contributed by atoms with E-state index >= 15 is 0 Å². The van der Waals surface area contributed by atoms with E-state index in [1.165, 1.54) is 12.8 Å². The number of urea groups is 1. The Bertz CT molecular complexity index is 646. The summed E-state index contributed by atoms with van der Waals surface area (Å²) in [7, 11) is 0. The number of aryl methyl sites for hydroxylation is 1. The maximum atomic E-state index is 12.5. The van der Waals surface area contributed by atoms with Gasteiger partial charge in [-0.15, -0.1) is 0 Å². The Morgan fingerprint density at radius 3 is 2.62 bits per heavy atom. The van der Waals surface area contributed by atoms with Crippen molar-refractivity contribution in [3.05, 3.63) is 36.0 Å². The third kappa shape index (κ3) is 3.15. The number of aromatic nitrogens is 1. The van der Waals surface area contributed by atoms with E-state index < -0.39 is 0 Å². The summed E-state index contributed by atoms with van der Waals surface area (Å²) in [5.41, 5.74) is 2.69. The smallest absolute Gasteiger partial charge is 0.321 e. The van der Waals surface area contributed by atoms with E-state index in [9.17, 15) is 4.79 Å². The Morgan fingerprint density at radius 1 is 1.14 bits per heavy atom. The first-order valence-electron chi connectivity index (χ1n) is 7.66. The van der Waals surface area contributed by atoms with Gasteiger partial charge in [-0.3, -0.25) is 4.98 Å². The van der Waals surface area contributed by atoms with E-state index in [-0.39, 0.29) is 6.03 Å². The van der Waals surface area contributed by atoms with Crippen molar-refractivity contribution in [3.63, 3.8) is 0 Å². The molecule has 1 aromatic heterocycles. The molecule has 2 aromatic rings. The van der Waals surface area contributed by atoms with Crippen LogP contribution in [0.5, 0.6) is 0 Å². The summed E-state index contributed by atoms with van der Waals surface area (Å²) in [6, 6.07) is 9.87. The summed E-state index contributed by atoms with van der Waals surface area (Å²) >= 11 is 0. The van der Waals surface area contributed by atoms with Crippen LogP contribution < -0.4 is 5.32 Å². The van der Waals surface area contributed by atoms with Crippen LogP contribution in [0.2, 0.25) is 0 Å². The molecule has 21 heavy (non-hydrogen) atoms. The molecule has 0 saturated carbocycles. The van der Waals surface area contributed by atoms with E-state index in [0.717, 1.165) is 48.2 Å². The molecule has 0 spiro atoms. The topological polar surface area (TPSA) is 45.2 Å². The van der Waals surface area contributed by atoms with E-state index in [1.807, 2.05) is 42.2 Å². The number of likely N-dealkylation sites (tertiary alicyclic amines) is 1. The molecule has 1 fully saturated rings. The number of amides is 2. The normalized spacial score (nSPS) is 15.8. The fourth-order valence-corrected chi connectivity index (χ4v) is 2.88. The molecule has 1 aliphatic heterocycles. The lowest BCUT2D eigenvalue weighted by molar-refractivity contribution is 0.214. The Morgan fingerprint density at radius 2 is 1.86 bits per heavy atom. The Balaban J connectivity index is 1.85. The van der Waals surface area contributed by atoms with Crippen molar-refractivity contribution in [2.24, 2.45) is 0 Å². The first-order chi connectivity index (χ1) is 10.2. The third-order valence-corrected chi connectivity index (χ3v) is 3.98. The number of pyridine rings is 1. The monoisotopic (exact) mass is 283 g/mol. The zero-order valence-corrected chi connectivity index (χ0v) is 12.4. The number of anilines is 1. The number of rotatable bonds is 1. The highest BCUT2D eigenvalue weighted by Crippen LogP contribution is 2.23. The number of hydrogen-bond acceptors (Lipinski definition) is 2. The van der Waals surface area contributed by atoms with Gasteiger partial charge < -0.3 is 10.2 Å². The number of nitrogens with one attached hydrogen (secondary N) is 1. The second-order valence-electron chi connectivity index (χ2n) is 5.66. The zero-order valence-electron chi connectivity index (χ0n) is 12.4. The van der Waals surface area contributed by atoms with Crippen LogP contribution in [0.15, 0.2) is 30.3 Å². The SMILES string of the molecule is Cc1cc(NC(=O)N2CCCCCC2)c2ccccc2n1. The fourth-order valence-electron chi connectivity index (χ4n) is 2.88. The summed E-state index contributed by atoms with van der Waals surface area (Å²) in [4.78, 5) is 18.9. The van der Waals surface area contributed by atoms with Crippen molar-refractivity contribution < 1.29 is 4.79 Å². The predicted molar refractivity (Wildman–Crippen MR) is 85.5 cm³/mol. The van der Waals surface area contributed by atoms with Gasteiger partial charge in [0, 0.05) is 24.2 Å². The van der Waals surface area contributed by atoms with Crippen LogP contribution in [-0.4, -0.2) is 29.0 Å². The summed E-state index contributed by atoms with van der Waals surface area (Å²) in [5, 5.41) is 4.06. The van der Waals surface area contributed by atoms with Gasteiger partial charge in [0.1, 0.15) is 0 Å². The van der Waals surface area contributed by atoms with Gasteiger partial charge in [-0.05, 0) is 31.9 Å². The first kappa shape index (κ1) is 13.9. The molecule has 110 valence electrons. The van der Waals surface area contributed by atoms with Gasteiger partial charge in [-0.25, -0.2) is 4.79 Å². The van der Waals surface area contributed by atoms with Gasteiger partial charge in [0.05, 0.1) is 11.2 Å². The largest absolute Gasteiger partial charge is 0.325 e. The molecule has 0 radical (unpaired) electrons. The molecule has 0 aliphatic carbocycles. The van der Waals surface area contributed by atoms with Gasteiger partial charge >= 0.3 is 6.03 Å². The third-order valence-electron chi connectivity index (χ3n) is 3.98. The van der Waals surface area contributed by atoms with Crippen LogP contribution in [-0.2, 0) is 0 Å². The van der Waals surface area contributed by atoms with Gasteiger partial charge in [-0.1, -0.05) is 31.0 Å². The maximum Gasteiger partial charge on any atom is 0.321 e. The van der Waals surface area contributed by atoms with Crippen LogP contribution in [0.25, 0.3) is 10.9 Å². The highest BCUT2D eigenvalue weighted by Gasteiger charge is 2.16. The second kappa shape index (κ2) is 6.12. The lowest BCUT2D eigenvalue weighted by Gasteiger charge is -2.21. The molecule has 1 aromatic carbocycles. The predicted octanol–water partition coefficient (Wildman–Crippen LogP) is 3.95. The van der Waals surface area contributed by atoms with Gasteiger partial charge in [0.2, 0.25) is 0 Å². The van der Waals surface area contributed by atoms with Crippen molar-refractivity contribution in [3.8, 4) is 0 Å². The average molecular weight is 283 g/mol. The summed E-state index contributed by atoms with van der Waals surface area (Å²) in [6.07, 6.45) is 4.65. The number of hydrogen-bond donors (Lipinski definition) is 1. The summed E-state index contributed by atoms with van der Waals surface area (Å²) < 4.78 is 0. The maximum absolute atomic E-state index is 12.5. The van der Waals surface area contributed by atoms with Crippen LogP contribution in [0.1, 0.15) is 31.4 Å². The molecule has 4 heteroatoms. The molecule has 2 amide bonds.